The second-order valence-corrected chi connectivity index (χ2v) is 5.55. The van der Waals surface area contributed by atoms with E-state index in [9.17, 15) is 0 Å². The van der Waals surface area contributed by atoms with Crippen LogP contribution in [0.1, 0.15) is 11.3 Å². The molecule has 0 aliphatic rings. The van der Waals surface area contributed by atoms with Crippen LogP contribution in [0.5, 0.6) is 0 Å². The molecule has 0 spiro atoms. The summed E-state index contributed by atoms with van der Waals surface area (Å²) in [5.74, 6) is 0.664. The van der Waals surface area contributed by atoms with Crippen LogP contribution in [0.15, 0.2) is 65.6 Å². The van der Waals surface area contributed by atoms with Crippen molar-refractivity contribution in [1.82, 2.24) is 10.9 Å². The highest BCUT2D eigenvalue weighted by atomic mass is 32.1. The predicted molar refractivity (Wildman–Crippen MR) is 98.9 cm³/mol. The van der Waals surface area contributed by atoms with Gasteiger partial charge in [0.2, 0.25) is 0 Å². The summed E-state index contributed by atoms with van der Waals surface area (Å²) in [4.78, 5) is 0. The lowest BCUT2D eigenvalue weighted by molar-refractivity contribution is 0.590. The molecule has 0 unspecified atom stereocenters. The average molecular weight is 323 g/mol. The average Bonchev–Trinajstić information content (AvgIpc) is 2.99. The van der Waals surface area contributed by atoms with Crippen molar-refractivity contribution in [2.45, 2.75) is 6.92 Å². The van der Waals surface area contributed by atoms with E-state index in [4.69, 9.17) is 16.6 Å². The third-order valence-electron chi connectivity index (χ3n) is 3.44. The molecule has 0 saturated heterocycles. The number of hydrogen-bond donors (Lipinski definition) is 3. The first-order valence-corrected chi connectivity index (χ1v) is 7.61. The number of hydrazine groups is 1. The van der Waals surface area contributed by atoms with Gasteiger partial charge in [0, 0.05) is 11.1 Å². The van der Waals surface area contributed by atoms with Crippen molar-refractivity contribution in [3.63, 3.8) is 0 Å². The molecule has 4 nitrogen and oxygen atoms in total. The molecule has 5 heteroatoms. The fraction of sp³-hybridized carbons (Fsp3) is 0.0556. The number of aryl methyl sites for hydroxylation is 1. The monoisotopic (exact) mass is 323 g/mol. The molecule has 0 amide bonds. The van der Waals surface area contributed by atoms with Gasteiger partial charge in [0.25, 0.3) is 0 Å². The minimum atomic E-state index is 0.455. The summed E-state index contributed by atoms with van der Waals surface area (Å²) in [6.45, 7) is 5.98. The molecule has 0 bridgehead atoms. The van der Waals surface area contributed by atoms with E-state index >= 15 is 0 Å². The number of rotatable bonds is 4. The van der Waals surface area contributed by atoms with Crippen molar-refractivity contribution in [2.24, 2.45) is 0 Å². The molecule has 0 fully saturated rings. The summed E-state index contributed by atoms with van der Waals surface area (Å²) in [6, 6.07) is 17.7. The minimum absolute atomic E-state index is 0.455. The zero-order valence-electron chi connectivity index (χ0n) is 12.7. The highest BCUT2D eigenvalue weighted by molar-refractivity contribution is 7.80. The molecule has 0 aliphatic heterocycles. The Hall–Kier alpha value is -2.79. The molecule has 3 rings (SSSR count). The van der Waals surface area contributed by atoms with Crippen LogP contribution in [0, 0.1) is 6.92 Å². The fourth-order valence-electron chi connectivity index (χ4n) is 2.19. The van der Waals surface area contributed by atoms with Crippen LogP contribution in [0.4, 0.5) is 5.69 Å². The Morgan fingerprint density at radius 1 is 1.04 bits per heavy atom. The van der Waals surface area contributed by atoms with Gasteiger partial charge in [-0.25, -0.2) is 0 Å². The van der Waals surface area contributed by atoms with Gasteiger partial charge < -0.3 is 9.73 Å². The Bertz CT molecular complexity index is 836. The number of para-hydroxylation sites is 2. The molecule has 0 saturated carbocycles. The summed E-state index contributed by atoms with van der Waals surface area (Å²) in [5, 5.41) is 4.62. The Labute approximate surface area is 140 Å². The largest absolute Gasteiger partial charge is 0.454 e. The summed E-state index contributed by atoms with van der Waals surface area (Å²) in [7, 11) is 0. The van der Waals surface area contributed by atoms with E-state index in [1.165, 1.54) is 0 Å². The highest BCUT2D eigenvalue weighted by Crippen LogP contribution is 2.22. The van der Waals surface area contributed by atoms with Crippen LogP contribution in [-0.4, -0.2) is 5.11 Å². The van der Waals surface area contributed by atoms with E-state index in [-0.39, 0.29) is 0 Å². The predicted octanol–water partition coefficient (Wildman–Crippen LogP) is 4.20. The maximum absolute atomic E-state index is 5.73. The standard InChI is InChI=1S/C18H17N3OS/c1-12-7-3-5-9-15(12)19-18(23)21-20-13(2)17-11-14-8-4-6-10-16(14)22-17/h3-11,20H,2H2,1H3,(H2,19,21,23). The van der Waals surface area contributed by atoms with Gasteiger partial charge in [-0.2, -0.15) is 0 Å². The SMILES string of the molecule is C=C(NNC(=S)Nc1ccccc1C)c1cc2ccccc2o1. The number of benzene rings is 2. The van der Waals surface area contributed by atoms with Crippen molar-refractivity contribution < 1.29 is 4.42 Å². The molecule has 1 aromatic heterocycles. The van der Waals surface area contributed by atoms with Gasteiger partial charge in [-0.15, -0.1) is 0 Å². The topological polar surface area (TPSA) is 49.2 Å². The van der Waals surface area contributed by atoms with Crippen LogP contribution < -0.4 is 16.2 Å². The molecule has 0 radical (unpaired) electrons. The summed E-state index contributed by atoms with van der Waals surface area (Å²) in [5.41, 5.74) is 9.38. The number of anilines is 1. The Balaban J connectivity index is 1.60. The van der Waals surface area contributed by atoms with E-state index in [0.717, 1.165) is 22.2 Å². The Kier molecular flexibility index (Phi) is 4.30. The maximum atomic E-state index is 5.73. The second kappa shape index (κ2) is 6.54. The number of hydrogen-bond acceptors (Lipinski definition) is 3. The third-order valence-corrected chi connectivity index (χ3v) is 3.65. The maximum Gasteiger partial charge on any atom is 0.189 e. The van der Waals surface area contributed by atoms with Crippen LogP contribution in [0.2, 0.25) is 0 Å². The normalized spacial score (nSPS) is 10.3. The molecular formula is C18H17N3OS. The molecule has 0 aliphatic carbocycles. The summed E-state index contributed by atoms with van der Waals surface area (Å²) >= 11 is 5.27. The van der Waals surface area contributed by atoms with Crippen molar-refractivity contribution in [2.75, 3.05) is 5.32 Å². The van der Waals surface area contributed by atoms with E-state index in [0.29, 0.717) is 16.6 Å². The number of furan rings is 1. The van der Waals surface area contributed by atoms with Crippen LogP contribution in [0.3, 0.4) is 0 Å². The Morgan fingerprint density at radius 2 is 1.78 bits per heavy atom. The molecule has 1 heterocycles. The number of nitrogens with one attached hydrogen (secondary N) is 3. The summed E-state index contributed by atoms with van der Waals surface area (Å²) in [6.07, 6.45) is 0. The molecule has 0 atom stereocenters. The van der Waals surface area contributed by atoms with Gasteiger partial charge in [-0.3, -0.25) is 10.9 Å². The molecule has 23 heavy (non-hydrogen) atoms. The Morgan fingerprint density at radius 3 is 2.57 bits per heavy atom. The van der Waals surface area contributed by atoms with Gasteiger partial charge in [0.05, 0.1) is 5.70 Å². The van der Waals surface area contributed by atoms with Crippen LogP contribution in [-0.2, 0) is 0 Å². The zero-order valence-corrected chi connectivity index (χ0v) is 13.5. The molecule has 116 valence electrons. The van der Waals surface area contributed by atoms with Crippen molar-refractivity contribution in [1.29, 1.82) is 0 Å². The molecular weight excluding hydrogens is 306 g/mol. The quantitative estimate of drug-likeness (QED) is 0.496. The van der Waals surface area contributed by atoms with Gasteiger partial charge >= 0.3 is 0 Å². The minimum Gasteiger partial charge on any atom is -0.454 e. The van der Waals surface area contributed by atoms with E-state index < -0.39 is 0 Å². The highest BCUT2D eigenvalue weighted by Gasteiger charge is 2.07. The van der Waals surface area contributed by atoms with Crippen molar-refractivity contribution >= 4 is 39.7 Å². The lowest BCUT2D eigenvalue weighted by atomic mass is 10.2. The van der Waals surface area contributed by atoms with Gasteiger partial charge in [0.1, 0.15) is 5.58 Å². The lowest BCUT2D eigenvalue weighted by Gasteiger charge is -2.14. The van der Waals surface area contributed by atoms with Crippen molar-refractivity contribution in [3.05, 3.63) is 72.5 Å². The molecule has 3 N–H and O–H groups in total. The summed E-state index contributed by atoms with van der Waals surface area (Å²) < 4.78 is 5.73. The zero-order chi connectivity index (χ0) is 16.2. The molecule has 2 aromatic carbocycles. The first-order valence-electron chi connectivity index (χ1n) is 7.20. The smallest absolute Gasteiger partial charge is 0.189 e. The van der Waals surface area contributed by atoms with E-state index in [2.05, 4.69) is 22.7 Å². The van der Waals surface area contributed by atoms with Gasteiger partial charge in [0.15, 0.2) is 10.9 Å². The van der Waals surface area contributed by atoms with Crippen LogP contribution >= 0.6 is 12.2 Å². The van der Waals surface area contributed by atoms with Crippen LogP contribution in [0.25, 0.3) is 16.7 Å². The van der Waals surface area contributed by atoms with Gasteiger partial charge in [-0.05, 0) is 42.9 Å². The molecule has 3 aromatic rings. The number of thiocarbonyl (C=S) groups is 1. The second-order valence-electron chi connectivity index (χ2n) is 5.15. The fourth-order valence-corrected chi connectivity index (χ4v) is 2.35. The lowest BCUT2D eigenvalue weighted by Crippen LogP contribution is -2.38. The van der Waals surface area contributed by atoms with Gasteiger partial charge in [-0.1, -0.05) is 43.0 Å². The van der Waals surface area contributed by atoms with E-state index in [1.54, 1.807) is 0 Å². The number of fused-ring (bicyclic) bond motifs is 1. The first-order chi connectivity index (χ1) is 11.1. The van der Waals surface area contributed by atoms with E-state index in [1.807, 2.05) is 61.5 Å². The van der Waals surface area contributed by atoms with Crippen molar-refractivity contribution in [3.8, 4) is 0 Å². The first kappa shape index (κ1) is 15.1. The third kappa shape index (κ3) is 3.52.